The summed E-state index contributed by atoms with van der Waals surface area (Å²) < 4.78 is 5.63. The fourth-order valence-electron chi connectivity index (χ4n) is 1.84. The molecule has 0 saturated carbocycles. The Morgan fingerprint density at radius 1 is 1.50 bits per heavy atom. The fraction of sp³-hybridized carbons (Fsp3) is 0.636. The van der Waals surface area contributed by atoms with Crippen LogP contribution in [0.2, 0.25) is 0 Å². The van der Waals surface area contributed by atoms with Crippen molar-refractivity contribution in [2.75, 3.05) is 24.6 Å². The molecule has 5 heteroatoms. The van der Waals surface area contributed by atoms with Crippen molar-refractivity contribution in [1.29, 1.82) is 0 Å². The highest BCUT2D eigenvalue weighted by atomic mass is 16.5. The minimum absolute atomic E-state index is 0.0748. The summed E-state index contributed by atoms with van der Waals surface area (Å²) in [5.41, 5.74) is 0.441. The van der Waals surface area contributed by atoms with Crippen LogP contribution in [0.4, 0.5) is 5.82 Å². The smallest absolute Gasteiger partial charge is 0.147 e. The van der Waals surface area contributed by atoms with Gasteiger partial charge < -0.3 is 14.7 Å². The van der Waals surface area contributed by atoms with Crippen molar-refractivity contribution in [3.8, 4) is 0 Å². The maximum atomic E-state index is 9.02. The number of rotatable bonds is 2. The molecule has 1 saturated heterocycles. The van der Waals surface area contributed by atoms with E-state index in [0.717, 1.165) is 18.9 Å². The molecule has 0 amide bonds. The highest BCUT2D eigenvalue weighted by Crippen LogP contribution is 2.20. The van der Waals surface area contributed by atoms with Crippen molar-refractivity contribution in [3.63, 3.8) is 0 Å². The molecule has 5 nitrogen and oxygen atoms in total. The van der Waals surface area contributed by atoms with E-state index in [9.17, 15) is 0 Å². The van der Waals surface area contributed by atoms with Gasteiger partial charge in [-0.05, 0) is 13.8 Å². The van der Waals surface area contributed by atoms with Gasteiger partial charge >= 0.3 is 0 Å². The van der Waals surface area contributed by atoms with Crippen LogP contribution < -0.4 is 4.90 Å². The van der Waals surface area contributed by atoms with E-state index in [2.05, 4.69) is 28.7 Å². The molecule has 2 rings (SSSR count). The molecule has 0 atom stereocenters. The number of nitrogens with zero attached hydrogens (tertiary/aromatic N) is 3. The molecule has 1 aromatic heterocycles. The molecule has 1 aromatic rings. The lowest BCUT2D eigenvalue weighted by Crippen LogP contribution is -2.48. The third kappa shape index (κ3) is 2.48. The van der Waals surface area contributed by atoms with Gasteiger partial charge in [0.1, 0.15) is 5.82 Å². The van der Waals surface area contributed by atoms with Crippen molar-refractivity contribution < 1.29 is 9.84 Å². The Labute approximate surface area is 95.1 Å². The Hall–Kier alpha value is -1.20. The van der Waals surface area contributed by atoms with Gasteiger partial charge in [-0.1, -0.05) is 0 Å². The van der Waals surface area contributed by atoms with Crippen LogP contribution in [0.15, 0.2) is 12.4 Å². The number of hydrogen-bond donors (Lipinski definition) is 1. The standard InChI is InChI=1S/C11H17N3O2/c1-11(2)8-14(3-4-16-11)10-6-12-5-9(7-15)13-10/h5-6,15H,3-4,7-8H2,1-2H3. The van der Waals surface area contributed by atoms with Crippen LogP contribution in [0, 0.1) is 0 Å². The van der Waals surface area contributed by atoms with E-state index in [1.807, 2.05) is 0 Å². The summed E-state index contributed by atoms with van der Waals surface area (Å²) in [5.74, 6) is 0.808. The Bertz CT molecular complexity index is 368. The van der Waals surface area contributed by atoms with Crippen molar-refractivity contribution in [3.05, 3.63) is 18.1 Å². The van der Waals surface area contributed by atoms with Crippen LogP contribution in [0.3, 0.4) is 0 Å². The number of aromatic nitrogens is 2. The van der Waals surface area contributed by atoms with Crippen molar-refractivity contribution in [2.24, 2.45) is 0 Å². The first-order chi connectivity index (χ1) is 7.61. The number of hydrogen-bond acceptors (Lipinski definition) is 5. The number of ether oxygens (including phenoxy) is 1. The summed E-state index contributed by atoms with van der Waals surface area (Å²) in [6.07, 6.45) is 3.30. The van der Waals surface area contributed by atoms with Crippen LogP contribution in [0.25, 0.3) is 0 Å². The molecule has 1 N–H and O–H groups in total. The van der Waals surface area contributed by atoms with Crippen molar-refractivity contribution >= 4 is 5.82 Å². The lowest BCUT2D eigenvalue weighted by atomic mass is 10.1. The van der Waals surface area contributed by atoms with Crippen molar-refractivity contribution in [1.82, 2.24) is 9.97 Å². The molecule has 0 bridgehead atoms. The molecule has 88 valence electrons. The molecular weight excluding hydrogens is 206 g/mol. The summed E-state index contributed by atoms with van der Waals surface area (Å²) in [5, 5.41) is 9.02. The SMILES string of the molecule is CC1(C)CN(c2cncc(CO)n2)CCO1. The second-order valence-electron chi connectivity index (χ2n) is 4.56. The van der Waals surface area contributed by atoms with Crippen molar-refractivity contribution in [2.45, 2.75) is 26.1 Å². The van der Waals surface area contributed by atoms with Gasteiger partial charge in [0.15, 0.2) is 0 Å². The van der Waals surface area contributed by atoms with Gasteiger partial charge in [-0.25, -0.2) is 4.98 Å². The zero-order valence-corrected chi connectivity index (χ0v) is 9.68. The maximum Gasteiger partial charge on any atom is 0.147 e. The molecule has 1 fully saturated rings. The summed E-state index contributed by atoms with van der Waals surface area (Å²) in [6.45, 7) is 6.33. The molecular formula is C11H17N3O2. The monoisotopic (exact) mass is 223 g/mol. The lowest BCUT2D eigenvalue weighted by molar-refractivity contribution is -0.0279. The van der Waals surface area contributed by atoms with Gasteiger partial charge in [-0.3, -0.25) is 4.98 Å². The van der Waals surface area contributed by atoms with Gasteiger partial charge in [0, 0.05) is 13.1 Å². The predicted molar refractivity (Wildman–Crippen MR) is 60.2 cm³/mol. The normalized spacial score (nSPS) is 19.8. The van der Waals surface area contributed by atoms with E-state index in [1.165, 1.54) is 0 Å². The molecule has 1 aliphatic heterocycles. The number of anilines is 1. The number of aliphatic hydroxyl groups is 1. The summed E-state index contributed by atoms with van der Waals surface area (Å²) in [4.78, 5) is 10.5. The number of aliphatic hydroxyl groups excluding tert-OH is 1. The zero-order valence-electron chi connectivity index (χ0n) is 9.68. The predicted octanol–water partition coefficient (Wildman–Crippen LogP) is 0.584. The fourth-order valence-corrected chi connectivity index (χ4v) is 1.84. The average Bonchev–Trinajstić information content (AvgIpc) is 2.28. The summed E-state index contributed by atoms with van der Waals surface area (Å²) >= 11 is 0. The molecule has 0 unspecified atom stereocenters. The Morgan fingerprint density at radius 3 is 3.00 bits per heavy atom. The molecule has 0 radical (unpaired) electrons. The highest BCUT2D eigenvalue weighted by Gasteiger charge is 2.27. The van der Waals surface area contributed by atoms with Crippen LogP contribution in [-0.4, -0.2) is 40.4 Å². The first-order valence-corrected chi connectivity index (χ1v) is 5.41. The summed E-state index contributed by atoms with van der Waals surface area (Å²) in [6, 6.07) is 0. The Balaban J connectivity index is 2.16. The van der Waals surface area contributed by atoms with Crippen LogP contribution >= 0.6 is 0 Å². The Morgan fingerprint density at radius 2 is 2.31 bits per heavy atom. The lowest BCUT2D eigenvalue weighted by Gasteiger charge is -2.38. The second-order valence-corrected chi connectivity index (χ2v) is 4.56. The van der Waals surface area contributed by atoms with E-state index in [0.29, 0.717) is 12.3 Å². The quantitative estimate of drug-likeness (QED) is 0.795. The van der Waals surface area contributed by atoms with Crippen LogP contribution in [0.1, 0.15) is 19.5 Å². The van der Waals surface area contributed by atoms with Gasteiger partial charge in [0.25, 0.3) is 0 Å². The van der Waals surface area contributed by atoms with E-state index in [1.54, 1.807) is 12.4 Å². The van der Waals surface area contributed by atoms with Gasteiger partial charge in [-0.15, -0.1) is 0 Å². The summed E-state index contributed by atoms with van der Waals surface area (Å²) in [7, 11) is 0. The molecule has 0 aliphatic carbocycles. The van der Waals surface area contributed by atoms with E-state index < -0.39 is 0 Å². The molecule has 16 heavy (non-hydrogen) atoms. The third-order valence-electron chi connectivity index (χ3n) is 2.58. The second kappa shape index (κ2) is 4.35. The highest BCUT2D eigenvalue weighted by molar-refractivity contribution is 5.37. The van der Waals surface area contributed by atoms with E-state index in [4.69, 9.17) is 9.84 Å². The first kappa shape index (κ1) is 11.3. The first-order valence-electron chi connectivity index (χ1n) is 5.41. The molecule has 0 aromatic carbocycles. The zero-order chi connectivity index (χ0) is 11.6. The topological polar surface area (TPSA) is 58.5 Å². The van der Waals surface area contributed by atoms with Gasteiger partial charge in [-0.2, -0.15) is 0 Å². The molecule has 2 heterocycles. The largest absolute Gasteiger partial charge is 0.390 e. The number of morpholine rings is 1. The Kier molecular flexibility index (Phi) is 3.07. The van der Waals surface area contributed by atoms with E-state index >= 15 is 0 Å². The van der Waals surface area contributed by atoms with Crippen LogP contribution in [0.5, 0.6) is 0 Å². The maximum absolute atomic E-state index is 9.02. The molecule has 0 spiro atoms. The minimum Gasteiger partial charge on any atom is -0.390 e. The van der Waals surface area contributed by atoms with Gasteiger partial charge in [0.05, 0.1) is 36.9 Å². The molecule has 1 aliphatic rings. The van der Waals surface area contributed by atoms with E-state index in [-0.39, 0.29) is 12.2 Å². The average molecular weight is 223 g/mol. The minimum atomic E-state index is -0.158. The van der Waals surface area contributed by atoms with Crippen LogP contribution in [-0.2, 0) is 11.3 Å². The third-order valence-corrected chi connectivity index (χ3v) is 2.58. The van der Waals surface area contributed by atoms with Gasteiger partial charge in [0.2, 0.25) is 0 Å².